The van der Waals surface area contributed by atoms with E-state index in [4.69, 9.17) is 0 Å². The fraction of sp³-hybridized carbons (Fsp3) is 0.625. The van der Waals surface area contributed by atoms with E-state index in [9.17, 15) is 4.39 Å². The minimum absolute atomic E-state index is 0.0531. The summed E-state index contributed by atoms with van der Waals surface area (Å²) in [6.07, 6.45) is 2.11. The summed E-state index contributed by atoms with van der Waals surface area (Å²) in [5, 5.41) is 3.46. The molecule has 0 saturated heterocycles. The zero-order valence-corrected chi connectivity index (χ0v) is 12.3. The summed E-state index contributed by atoms with van der Waals surface area (Å²) in [5.74, 6) is 0.202. The van der Waals surface area contributed by atoms with Gasteiger partial charge in [-0.05, 0) is 68.8 Å². The van der Waals surface area contributed by atoms with E-state index in [2.05, 4.69) is 32.2 Å². The van der Waals surface area contributed by atoms with Gasteiger partial charge in [-0.25, -0.2) is 4.39 Å². The first-order valence-corrected chi connectivity index (χ1v) is 6.95. The molecule has 0 aliphatic rings. The first kappa shape index (κ1) is 15.2. The molecule has 0 aliphatic heterocycles. The summed E-state index contributed by atoms with van der Waals surface area (Å²) in [6.45, 7) is 11.4. The summed E-state index contributed by atoms with van der Waals surface area (Å²) in [4.78, 5) is 0. The van der Waals surface area contributed by atoms with Crippen LogP contribution < -0.4 is 5.32 Å². The zero-order valence-electron chi connectivity index (χ0n) is 12.3. The minimum Gasteiger partial charge on any atom is -0.314 e. The van der Waals surface area contributed by atoms with Crippen LogP contribution in [0.3, 0.4) is 0 Å². The first-order chi connectivity index (χ1) is 8.45. The second-order valence-corrected chi connectivity index (χ2v) is 5.47. The molecule has 1 N–H and O–H groups in total. The average molecular weight is 251 g/mol. The van der Waals surface area contributed by atoms with Crippen LogP contribution in [-0.4, -0.2) is 12.6 Å². The third-order valence-corrected chi connectivity index (χ3v) is 3.42. The summed E-state index contributed by atoms with van der Waals surface area (Å²) in [6, 6.07) is 4.14. The quantitative estimate of drug-likeness (QED) is 0.793. The van der Waals surface area contributed by atoms with Crippen LogP contribution in [0.5, 0.6) is 0 Å². The molecule has 18 heavy (non-hydrogen) atoms. The number of aryl methyl sites for hydroxylation is 2. The van der Waals surface area contributed by atoms with Crippen LogP contribution in [0.4, 0.5) is 4.39 Å². The molecule has 2 atom stereocenters. The Morgan fingerprint density at radius 1 is 1.22 bits per heavy atom. The highest BCUT2D eigenvalue weighted by Gasteiger charge is 2.16. The second-order valence-electron chi connectivity index (χ2n) is 5.47. The first-order valence-electron chi connectivity index (χ1n) is 6.95. The lowest BCUT2D eigenvalue weighted by molar-refractivity contribution is 0.467. The Morgan fingerprint density at radius 2 is 1.89 bits per heavy atom. The molecule has 0 aliphatic carbocycles. The van der Waals surface area contributed by atoms with Crippen LogP contribution in [0.2, 0.25) is 0 Å². The molecule has 0 amide bonds. The fourth-order valence-corrected chi connectivity index (χ4v) is 2.67. The number of hydrogen-bond acceptors (Lipinski definition) is 1. The predicted octanol–water partition coefficient (Wildman–Crippen LogP) is 4.32. The van der Waals surface area contributed by atoms with Gasteiger partial charge in [0, 0.05) is 6.04 Å². The maximum Gasteiger partial charge on any atom is 0.127 e. The van der Waals surface area contributed by atoms with Gasteiger partial charge in [-0.15, -0.1) is 0 Å². The smallest absolute Gasteiger partial charge is 0.127 e. The van der Waals surface area contributed by atoms with Crippen molar-refractivity contribution in [3.8, 4) is 0 Å². The van der Waals surface area contributed by atoms with E-state index < -0.39 is 0 Å². The number of hydrogen-bond donors (Lipinski definition) is 1. The van der Waals surface area contributed by atoms with Crippen molar-refractivity contribution in [1.82, 2.24) is 5.32 Å². The van der Waals surface area contributed by atoms with E-state index in [1.54, 1.807) is 6.07 Å². The molecule has 1 nitrogen and oxygen atoms in total. The largest absolute Gasteiger partial charge is 0.314 e. The molecule has 0 spiro atoms. The monoisotopic (exact) mass is 251 g/mol. The molecular formula is C16H26FN. The predicted molar refractivity (Wildman–Crippen MR) is 76.7 cm³/mol. The minimum atomic E-state index is -0.0531. The van der Waals surface area contributed by atoms with Crippen molar-refractivity contribution in [2.24, 2.45) is 0 Å². The third-order valence-electron chi connectivity index (χ3n) is 3.42. The SMILES string of the molecule is CCCNC(C)CC(C)c1c(C)cc(C)cc1F. The van der Waals surface area contributed by atoms with Gasteiger partial charge >= 0.3 is 0 Å². The Labute approximate surface area is 111 Å². The third kappa shape index (κ3) is 4.09. The van der Waals surface area contributed by atoms with Crippen molar-refractivity contribution in [2.45, 2.75) is 59.4 Å². The summed E-state index contributed by atoms with van der Waals surface area (Å²) < 4.78 is 14.0. The number of benzene rings is 1. The zero-order chi connectivity index (χ0) is 13.7. The van der Waals surface area contributed by atoms with Crippen molar-refractivity contribution >= 4 is 0 Å². The Kier molecular flexibility index (Phi) is 5.80. The molecule has 1 aromatic carbocycles. The van der Waals surface area contributed by atoms with Crippen LogP contribution in [0.25, 0.3) is 0 Å². The molecule has 1 rings (SSSR count). The fourth-order valence-electron chi connectivity index (χ4n) is 2.67. The second kappa shape index (κ2) is 6.89. The van der Waals surface area contributed by atoms with Crippen LogP contribution in [-0.2, 0) is 0 Å². The van der Waals surface area contributed by atoms with Crippen molar-refractivity contribution in [2.75, 3.05) is 6.54 Å². The Hall–Kier alpha value is -0.890. The Morgan fingerprint density at radius 3 is 2.44 bits per heavy atom. The van der Waals surface area contributed by atoms with Crippen molar-refractivity contribution in [3.63, 3.8) is 0 Å². The lowest BCUT2D eigenvalue weighted by Crippen LogP contribution is -2.28. The van der Waals surface area contributed by atoms with Gasteiger partial charge in [-0.1, -0.05) is 19.9 Å². The van der Waals surface area contributed by atoms with Gasteiger partial charge in [0.2, 0.25) is 0 Å². The van der Waals surface area contributed by atoms with E-state index in [0.717, 1.165) is 36.1 Å². The topological polar surface area (TPSA) is 12.0 Å². The van der Waals surface area contributed by atoms with Crippen molar-refractivity contribution in [3.05, 3.63) is 34.6 Å². The summed E-state index contributed by atoms with van der Waals surface area (Å²) in [5.41, 5.74) is 2.95. The summed E-state index contributed by atoms with van der Waals surface area (Å²) in [7, 11) is 0. The highest BCUT2D eigenvalue weighted by atomic mass is 19.1. The van der Waals surface area contributed by atoms with Crippen LogP contribution in [0.15, 0.2) is 12.1 Å². The number of rotatable bonds is 6. The number of nitrogens with one attached hydrogen (secondary N) is 1. The van der Waals surface area contributed by atoms with E-state index >= 15 is 0 Å². The molecule has 0 radical (unpaired) electrons. The van der Waals surface area contributed by atoms with Crippen LogP contribution in [0.1, 0.15) is 56.2 Å². The molecule has 1 aromatic rings. The van der Waals surface area contributed by atoms with Crippen LogP contribution in [0, 0.1) is 19.7 Å². The molecule has 2 unspecified atom stereocenters. The van der Waals surface area contributed by atoms with Gasteiger partial charge in [0.25, 0.3) is 0 Å². The van der Waals surface area contributed by atoms with Gasteiger partial charge < -0.3 is 5.32 Å². The maximum atomic E-state index is 14.0. The van der Waals surface area contributed by atoms with Gasteiger partial charge in [-0.3, -0.25) is 0 Å². The molecule has 0 fully saturated rings. The van der Waals surface area contributed by atoms with E-state index in [-0.39, 0.29) is 11.7 Å². The molecule has 0 saturated carbocycles. The van der Waals surface area contributed by atoms with Crippen molar-refractivity contribution in [1.29, 1.82) is 0 Å². The molecule has 2 heteroatoms. The van der Waals surface area contributed by atoms with E-state index in [1.807, 2.05) is 13.8 Å². The van der Waals surface area contributed by atoms with Crippen molar-refractivity contribution < 1.29 is 4.39 Å². The highest BCUT2D eigenvalue weighted by molar-refractivity contribution is 5.34. The van der Waals surface area contributed by atoms with Gasteiger partial charge in [0.05, 0.1) is 0 Å². The van der Waals surface area contributed by atoms with E-state index in [0.29, 0.717) is 6.04 Å². The van der Waals surface area contributed by atoms with E-state index in [1.165, 1.54) is 0 Å². The van der Waals surface area contributed by atoms with Gasteiger partial charge in [0.1, 0.15) is 5.82 Å². The Bertz CT molecular complexity index is 364. The van der Waals surface area contributed by atoms with Gasteiger partial charge in [0.15, 0.2) is 0 Å². The normalized spacial score (nSPS) is 14.6. The summed E-state index contributed by atoms with van der Waals surface area (Å²) >= 11 is 0. The molecule has 0 aromatic heterocycles. The highest BCUT2D eigenvalue weighted by Crippen LogP contribution is 2.27. The lowest BCUT2D eigenvalue weighted by Gasteiger charge is -2.21. The molecule has 0 bridgehead atoms. The van der Waals surface area contributed by atoms with Gasteiger partial charge in [-0.2, -0.15) is 0 Å². The molecular weight excluding hydrogens is 225 g/mol. The maximum absolute atomic E-state index is 14.0. The van der Waals surface area contributed by atoms with Crippen LogP contribution >= 0.6 is 0 Å². The molecule has 102 valence electrons. The lowest BCUT2D eigenvalue weighted by atomic mass is 9.90. The Balaban J connectivity index is 2.75. The average Bonchev–Trinajstić information content (AvgIpc) is 2.24. The molecule has 0 heterocycles. The number of halogens is 1. The standard InChI is InChI=1S/C16H26FN/c1-6-7-18-14(5)10-13(4)16-12(3)8-11(2)9-15(16)17/h8-9,13-14,18H,6-7,10H2,1-5H3.